The molecule has 0 bridgehead atoms. The summed E-state index contributed by atoms with van der Waals surface area (Å²) < 4.78 is 14.3. The van der Waals surface area contributed by atoms with Crippen molar-refractivity contribution in [2.75, 3.05) is 0 Å². The Balaban J connectivity index is 2.58. The Morgan fingerprint density at radius 3 is 2.57 bits per heavy atom. The molecule has 0 saturated carbocycles. The maximum Gasteiger partial charge on any atom is 0.336 e. The minimum atomic E-state index is -1.23. The minimum Gasteiger partial charge on any atom is -0.478 e. The lowest BCUT2D eigenvalue weighted by atomic mass is 10.1. The van der Waals surface area contributed by atoms with Crippen molar-refractivity contribution in [1.29, 1.82) is 0 Å². The first-order chi connectivity index (χ1) is 9.81. The standard InChI is InChI=1S/C14H13FN2O4/c1-7-8(2)13(19)17(16-12(7)18)6-9-5-10(15)3-4-11(9)14(20)21/h3-5H,6H2,1-2H3,(H,16,18)(H,20,21). The first kappa shape index (κ1) is 14.7. The van der Waals surface area contributed by atoms with Crippen LogP contribution in [0, 0.1) is 19.7 Å². The van der Waals surface area contributed by atoms with E-state index in [-0.39, 0.29) is 23.2 Å². The van der Waals surface area contributed by atoms with Gasteiger partial charge in [-0.2, -0.15) is 0 Å². The molecular weight excluding hydrogens is 279 g/mol. The third kappa shape index (κ3) is 2.76. The molecule has 0 atom stereocenters. The molecule has 0 amide bonds. The number of hydrogen-bond donors (Lipinski definition) is 2. The zero-order valence-electron chi connectivity index (χ0n) is 11.4. The van der Waals surface area contributed by atoms with Crippen molar-refractivity contribution in [3.63, 3.8) is 0 Å². The van der Waals surface area contributed by atoms with E-state index in [1.165, 1.54) is 13.8 Å². The van der Waals surface area contributed by atoms with Crippen LogP contribution in [-0.2, 0) is 6.54 Å². The van der Waals surface area contributed by atoms with Gasteiger partial charge in [-0.3, -0.25) is 14.7 Å². The molecule has 0 aliphatic carbocycles. The number of nitrogens with one attached hydrogen (secondary N) is 1. The van der Waals surface area contributed by atoms with Crippen LogP contribution in [0.1, 0.15) is 27.0 Å². The van der Waals surface area contributed by atoms with Crippen LogP contribution in [0.2, 0.25) is 0 Å². The Kier molecular flexibility index (Phi) is 3.75. The molecule has 1 aromatic heterocycles. The van der Waals surface area contributed by atoms with E-state index in [0.717, 1.165) is 22.9 Å². The molecule has 1 aromatic carbocycles. The van der Waals surface area contributed by atoms with Gasteiger partial charge in [-0.05, 0) is 37.6 Å². The van der Waals surface area contributed by atoms with E-state index in [1.807, 2.05) is 0 Å². The molecule has 6 nitrogen and oxygen atoms in total. The van der Waals surface area contributed by atoms with Gasteiger partial charge in [-0.1, -0.05) is 0 Å². The van der Waals surface area contributed by atoms with Gasteiger partial charge in [0.25, 0.3) is 11.1 Å². The summed E-state index contributed by atoms with van der Waals surface area (Å²) in [4.78, 5) is 34.9. The van der Waals surface area contributed by atoms with Gasteiger partial charge < -0.3 is 5.11 Å². The average Bonchev–Trinajstić information content (AvgIpc) is 2.42. The van der Waals surface area contributed by atoms with Gasteiger partial charge in [0.05, 0.1) is 12.1 Å². The topological polar surface area (TPSA) is 92.2 Å². The Bertz CT molecular complexity index is 836. The van der Waals surface area contributed by atoms with Crippen LogP contribution in [0.5, 0.6) is 0 Å². The van der Waals surface area contributed by atoms with Crippen LogP contribution in [-0.4, -0.2) is 20.9 Å². The average molecular weight is 292 g/mol. The molecule has 0 aliphatic rings. The molecule has 0 aliphatic heterocycles. The summed E-state index contributed by atoms with van der Waals surface area (Å²) in [6.45, 7) is 2.80. The van der Waals surface area contributed by atoms with Crippen molar-refractivity contribution in [3.05, 3.63) is 67.0 Å². The molecule has 110 valence electrons. The smallest absolute Gasteiger partial charge is 0.336 e. The van der Waals surface area contributed by atoms with Gasteiger partial charge >= 0.3 is 5.97 Å². The number of rotatable bonds is 3. The van der Waals surface area contributed by atoms with Gasteiger partial charge in [0.1, 0.15) is 5.82 Å². The summed E-state index contributed by atoms with van der Waals surface area (Å²) in [7, 11) is 0. The summed E-state index contributed by atoms with van der Waals surface area (Å²) in [5.41, 5.74) is -0.347. The van der Waals surface area contributed by atoms with E-state index in [1.54, 1.807) is 0 Å². The van der Waals surface area contributed by atoms with Crippen LogP contribution in [0.4, 0.5) is 4.39 Å². The number of carboxylic acid groups (broad SMARTS) is 1. The Morgan fingerprint density at radius 2 is 1.95 bits per heavy atom. The molecule has 21 heavy (non-hydrogen) atoms. The molecule has 2 aromatic rings. The number of aromatic nitrogens is 2. The van der Waals surface area contributed by atoms with E-state index in [2.05, 4.69) is 5.10 Å². The first-order valence-electron chi connectivity index (χ1n) is 6.13. The number of H-pyrrole nitrogens is 1. The molecule has 1 heterocycles. The summed E-state index contributed by atoms with van der Waals surface area (Å²) in [6.07, 6.45) is 0. The fourth-order valence-corrected chi connectivity index (χ4v) is 1.97. The van der Waals surface area contributed by atoms with Gasteiger partial charge in [0.15, 0.2) is 0 Å². The molecule has 0 spiro atoms. The quantitative estimate of drug-likeness (QED) is 0.884. The Hall–Kier alpha value is -2.70. The third-order valence-corrected chi connectivity index (χ3v) is 3.33. The minimum absolute atomic E-state index is 0.100. The second kappa shape index (κ2) is 5.35. The molecule has 2 N–H and O–H groups in total. The van der Waals surface area contributed by atoms with Crippen LogP contribution in [0.25, 0.3) is 0 Å². The van der Waals surface area contributed by atoms with Crippen LogP contribution in [0.15, 0.2) is 27.8 Å². The number of hydrogen-bond acceptors (Lipinski definition) is 3. The van der Waals surface area contributed by atoms with Gasteiger partial charge in [-0.15, -0.1) is 0 Å². The predicted molar refractivity (Wildman–Crippen MR) is 73.3 cm³/mol. The molecule has 0 unspecified atom stereocenters. The number of nitrogens with zero attached hydrogens (tertiary/aromatic N) is 1. The first-order valence-corrected chi connectivity index (χ1v) is 6.13. The summed E-state index contributed by atoms with van der Waals surface area (Å²) in [6, 6.07) is 3.18. The SMILES string of the molecule is Cc1c(C)c(=O)n(Cc2cc(F)ccc2C(=O)O)[nH]c1=O. The van der Waals surface area contributed by atoms with Crippen molar-refractivity contribution in [1.82, 2.24) is 9.78 Å². The summed E-state index contributed by atoms with van der Waals surface area (Å²) in [5, 5.41) is 11.4. The largest absolute Gasteiger partial charge is 0.478 e. The van der Waals surface area contributed by atoms with E-state index < -0.39 is 22.9 Å². The maximum absolute atomic E-state index is 13.3. The predicted octanol–water partition coefficient (Wildman–Crippen LogP) is 1.04. The zero-order valence-corrected chi connectivity index (χ0v) is 11.4. The maximum atomic E-state index is 13.3. The number of carbonyl (C=O) groups is 1. The second-order valence-corrected chi connectivity index (χ2v) is 4.69. The van der Waals surface area contributed by atoms with E-state index in [9.17, 15) is 18.8 Å². The summed E-state index contributed by atoms with van der Waals surface area (Å²) in [5.74, 6) is -1.85. The highest BCUT2D eigenvalue weighted by atomic mass is 19.1. The molecule has 0 saturated heterocycles. The van der Waals surface area contributed by atoms with Crippen LogP contribution >= 0.6 is 0 Å². The number of aromatic carboxylic acids is 1. The van der Waals surface area contributed by atoms with Crippen molar-refractivity contribution in [3.8, 4) is 0 Å². The molecule has 0 fully saturated rings. The normalized spacial score (nSPS) is 10.6. The van der Waals surface area contributed by atoms with Crippen molar-refractivity contribution < 1.29 is 14.3 Å². The van der Waals surface area contributed by atoms with Gasteiger partial charge in [0.2, 0.25) is 0 Å². The number of carboxylic acids is 1. The van der Waals surface area contributed by atoms with Crippen molar-refractivity contribution in [2.45, 2.75) is 20.4 Å². The highest BCUT2D eigenvalue weighted by Crippen LogP contribution is 2.12. The highest BCUT2D eigenvalue weighted by Gasteiger charge is 2.14. The van der Waals surface area contributed by atoms with E-state index >= 15 is 0 Å². The lowest BCUT2D eigenvalue weighted by molar-refractivity contribution is 0.0695. The van der Waals surface area contributed by atoms with E-state index in [0.29, 0.717) is 5.56 Å². The Morgan fingerprint density at radius 1 is 1.29 bits per heavy atom. The van der Waals surface area contributed by atoms with E-state index in [4.69, 9.17) is 5.11 Å². The van der Waals surface area contributed by atoms with Gasteiger partial charge in [-0.25, -0.2) is 13.9 Å². The van der Waals surface area contributed by atoms with Gasteiger partial charge in [0, 0.05) is 11.1 Å². The monoisotopic (exact) mass is 292 g/mol. The highest BCUT2D eigenvalue weighted by molar-refractivity contribution is 5.89. The fourth-order valence-electron chi connectivity index (χ4n) is 1.97. The Labute approximate surface area is 118 Å². The zero-order chi connectivity index (χ0) is 15.7. The molecule has 7 heteroatoms. The molecule has 2 rings (SSSR count). The lowest BCUT2D eigenvalue weighted by Gasteiger charge is -2.10. The van der Waals surface area contributed by atoms with Crippen molar-refractivity contribution >= 4 is 5.97 Å². The van der Waals surface area contributed by atoms with Crippen LogP contribution in [0.3, 0.4) is 0 Å². The number of aromatic amines is 1. The third-order valence-electron chi connectivity index (χ3n) is 3.33. The fraction of sp³-hybridized carbons (Fsp3) is 0.214. The van der Waals surface area contributed by atoms with Crippen LogP contribution < -0.4 is 11.1 Å². The number of halogens is 1. The molecule has 0 radical (unpaired) electrons. The molecular formula is C14H13FN2O4. The number of benzene rings is 1. The summed E-state index contributed by atoms with van der Waals surface area (Å²) >= 11 is 0. The second-order valence-electron chi connectivity index (χ2n) is 4.69. The lowest BCUT2D eigenvalue weighted by Crippen LogP contribution is -2.33. The van der Waals surface area contributed by atoms with Crippen molar-refractivity contribution in [2.24, 2.45) is 0 Å².